The van der Waals surface area contributed by atoms with Crippen LogP contribution in [0.3, 0.4) is 0 Å². The van der Waals surface area contributed by atoms with Crippen molar-refractivity contribution in [3.05, 3.63) is 29.3 Å². The van der Waals surface area contributed by atoms with Crippen molar-refractivity contribution in [3.63, 3.8) is 0 Å². The van der Waals surface area contributed by atoms with E-state index >= 15 is 0 Å². The molecule has 0 radical (unpaired) electrons. The van der Waals surface area contributed by atoms with Crippen LogP contribution in [0.5, 0.6) is 0 Å². The number of hydrogen-bond donors (Lipinski definition) is 1. The summed E-state index contributed by atoms with van der Waals surface area (Å²) >= 11 is 0. The molecule has 0 fully saturated rings. The van der Waals surface area contributed by atoms with Crippen molar-refractivity contribution in [2.75, 3.05) is 11.9 Å². The number of ether oxygens (including phenoxy) is 1. The predicted octanol–water partition coefficient (Wildman–Crippen LogP) is 1.70. The van der Waals surface area contributed by atoms with E-state index in [1.807, 2.05) is 6.92 Å². The molecule has 0 saturated carbocycles. The van der Waals surface area contributed by atoms with Crippen LogP contribution in [0.15, 0.2) is 18.2 Å². The van der Waals surface area contributed by atoms with Gasteiger partial charge in [-0.2, -0.15) is 0 Å². The zero-order chi connectivity index (χ0) is 14.0. The van der Waals surface area contributed by atoms with Crippen LogP contribution in [0.1, 0.15) is 29.3 Å². The van der Waals surface area contributed by atoms with E-state index in [1.54, 1.807) is 25.1 Å². The van der Waals surface area contributed by atoms with Crippen LogP contribution in [-0.2, 0) is 14.3 Å². The Kier molecular flexibility index (Phi) is 3.64. The van der Waals surface area contributed by atoms with E-state index in [1.165, 1.54) is 0 Å². The molecule has 0 unspecified atom stereocenters. The minimum Gasteiger partial charge on any atom is -0.465 e. The Bertz CT molecular complexity index is 550. The van der Waals surface area contributed by atoms with Gasteiger partial charge in [0.2, 0.25) is 5.91 Å². The molecule has 0 bridgehead atoms. The first-order valence-corrected chi connectivity index (χ1v) is 6.14. The number of amides is 1. The Morgan fingerprint density at radius 2 is 2.16 bits per heavy atom. The van der Waals surface area contributed by atoms with Crippen molar-refractivity contribution >= 4 is 23.3 Å². The topological polar surface area (TPSA) is 72.5 Å². The lowest BCUT2D eigenvalue weighted by Gasteiger charge is -2.11. The number of carbonyl (C=O) groups excluding carboxylic acids is 3. The molecule has 1 aromatic carbocycles. The molecule has 1 heterocycles. The van der Waals surface area contributed by atoms with Gasteiger partial charge in [0, 0.05) is 12.0 Å². The highest BCUT2D eigenvalue weighted by Gasteiger charge is 2.35. The standard InChI is InChI=1S/C14H15NO4/c1-3-19-14(18)10-7-12(16)15-11-6-8(2)4-5-9(11)13(10)17/h4-6,10H,3,7H2,1-2H3,(H,15,16)/t10-/m1/s1. The largest absolute Gasteiger partial charge is 0.465 e. The number of benzene rings is 1. The van der Waals surface area contributed by atoms with E-state index in [9.17, 15) is 14.4 Å². The van der Waals surface area contributed by atoms with Crippen molar-refractivity contribution in [3.8, 4) is 0 Å². The number of fused-ring (bicyclic) bond motifs is 1. The van der Waals surface area contributed by atoms with E-state index in [2.05, 4.69) is 5.32 Å². The number of esters is 1. The molecular formula is C14H15NO4. The Labute approximate surface area is 110 Å². The van der Waals surface area contributed by atoms with Crippen LogP contribution in [0, 0.1) is 12.8 Å². The molecule has 5 heteroatoms. The molecule has 100 valence electrons. The van der Waals surface area contributed by atoms with Crippen molar-refractivity contribution < 1.29 is 19.1 Å². The van der Waals surface area contributed by atoms with Crippen molar-refractivity contribution in [1.82, 2.24) is 0 Å². The van der Waals surface area contributed by atoms with E-state index in [0.717, 1.165) is 5.56 Å². The Balaban J connectivity index is 2.41. The summed E-state index contributed by atoms with van der Waals surface area (Å²) in [5, 5.41) is 2.65. The van der Waals surface area contributed by atoms with Gasteiger partial charge in [0.15, 0.2) is 5.78 Å². The van der Waals surface area contributed by atoms with Gasteiger partial charge in [0.05, 0.1) is 12.3 Å². The normalized spacial score (nSPS) is 18.3. The van der Waals surface area contributed by atoms with E-state index in [-0.39, 0.29) is 24.7 Å². The summed E-state index contributed by atoms with van der Waals surface area (Å²) in [4.78, 5) is 35.8. The second-order valence-electron chi connectivity index (χ2n) is 4.47. The van der Waals surface area contributed by atoms with Crippen LogP contribution >= 0.6 is 0 Å². The third-order valence-corrected chi connectivity index (χ3v) is 2.99. The summed E-state index contributed by atoms with van der Waals surface area (Å²) in [6.07, 6.45) is -0.175. The maximum absolute atomic E-state index is 12.3. The molecule has 1 aliphatic rings. The van der Waals surface area contributed by atoms with Gasteiger partial charge in [-0.15, -0.1) is 0 Å². The smallest absolute Gasteiger partial charge is 0.317 e. The first-order chi connectivity index (χ1) is 9.02. The summed E-state index contributed by atoms with van der Waals surface area (Å²) in [6.45, 7) is 3.71. The van der Waals surface area contributed by atoms with Crippen molar-refractivity contribution in [1.29, 1.82) is 0 Å². The average Bonchev–Trinajstić information content (AvgIpc) is 2.46. The molecular weight excluding hydrogens is 246 g/mol. The van der Waals surface area contributed by atoms with E-state index < -0.39 is 11.9 Å². The molecule has 5 nitrogen and oxygen atoms in total. The molecule has 19 heavy (non-hydrogen) atoms. The first-order valence-electron chi connectivity index (χ1n) is 6.14. The van der Waals surface area contributed by atoms with Crippen LogP contribution in [-0.4, -0.2) is 24.3 Å². The second-order valence-corrected chi connectivity index (χ2v) is 4.47. The van der Waals surface area contributed by atoms with Gasteiger partial charge >= 0.3 is 5.97 Å². The van der Waals surface area contributed by atoms with Crippen LogP contribution in [0.25, 0.3) is 0 Å². The van der Waals surface area contributed by atoms with Crippen LogP contribution in [0.2, 0.25) is 0 Å². The molecule has 1 aromatic rings. The molecule has 0 spiro atoms. The number of ketones is 1. The van der Waals surface area contributed by atoms with Gasteiger partial charge in [-0.25, -0.2) is 0 Å². The summed E-state index contributed by atoms with van der Waals surface area (Å²) in [6, 6.07) is 5.12. The molecule has 2 rings (SSSR count). The number of aryl methyl sites for hydroxylation is 1. The number of nitrogens with one attached hydrogen (secondary N) is 1. The zero-order valence-corrected chi connectivity index (χ0v) is 10.9. The maximum Gasteiger partial charge on any atom is 0.317 e. The SMILES string of the molecule is CCOC(=O)[C@@H]1CC(=O)Nc2cc(C)ccc2C1=O. The highest BCUT2D eigenvalue weighted by Crippen LogP contribution is 2.27. The molecule has 0 saturated heterocycles. The van der Waals surface area contributed by atoms with Crippen LogP contribution < -0.4 is 5.32 Å². The molecule has 1 N–H and O–H groups in total. The molecule has 0 aliphatic carbocycles. The van der Waals surface area contributed by atoms with Gasteiger partial charge in [-0.1, -0.05) is 6.07 Å². The third kappa shape index (κ3) is 2.65. The quantitative estimate of drug-likeness (QED) is 0.649. The van der Waals surface area contributed by atoms with Crippen molar-refractivity contribution in [2.45, 2.75) is 20.3 Å². The maximum atomic E-state index is 12.3. The van der Waals surface area contributed by atoms with Gasteiger partial charge in [0.25, 0.3) is 0 Å². The lowest BCUT2D eigenvalue weighted by atomic mass is 9.94. The summed E-state index contributed by atoms with van der Waals surface area (Å²) < 4.78 is 4.85. The highest BCUT2D eigenvalue weighted by molar-refractivity contribution is 6.17. The lowest BCUT2D eigenvalue weighted by molar-refractivity contribution is -0.147. The number of carbonyl (C=O) groups is 3. The van der Waals surface area contributed by atoms with Gasteiger partial charge in [-0.3, -0.25) is 14.4 Å². The van der Waals surface area contributed by atoms with Crippen molar-refractivity contribution in [2.24, 2.45) is 5.92 Å². The minimum atomic E-state index is -1.05. The summed E-state index contributed by atoms with van der Waals surface area (Å²) in [5.74, 6) is -2.41. The Morgan fingerprint density at radius 1 is 1.42 bits per heavy atom. The fourth-order valence-corrected chi connectivity index (χ4v) is 2.08. The fourth-order valence-electron chi connectivity index (χ4n) is 2.08. The second kappa shape index (κ2) is 5.22. The highest BCUT2D eigenvalue weighted by atomic mass is 16.5. The summed E-state index contributed by atoms with van der Waals surface area (Å²) in [7, 11) is 0. The van der Waals surface area contributed by atoms with Gasteiger partial charge < -0.3 is 10.1 Å². The lowest BCUT2D eigenvalue weighted by Crippen LogP contribution is -2.27. The fraction of sp³-hybridized carbons (Fsp3) is 0.357. The number of hydrogen-bond acceptors (Lipinski definition) is 4. The van der Waals surface area contributed by atoms with E-state index in [0.29, 0.717) is 11.3 Å². The van der Waals surface area contributed by atoms with Gasteiger partial charge in [-0.05, 0) is 31.5 Å². The molecule has 1 aliphatic heterocycles. The van der Waals surface area contributed by atoms with Gasteiger partial charge in [0.1, 0.15) is 5.92 Å². The zero-order valence-electron chi connectivity index (χ0n) is 10.9. The van der Waals surface area contributed by atoms with E-state index in [4.69, 9.17) is 4.74 Å². The Morgan fingerprint density at radius 3 is 2.84 bits per heavy atom. The molecule has 0 aromatic heterocycles. The molecule has 1 atom stereocenters. The number of anilines is 1. The minimum absolute atomic E-state index is 0.175. The number of rotatable bonds is 2. The van der Waals surface area contributed by atoms with Crippen LogP contribution in [0.4, 0.5) is 5.69 Å². The predicted molar refractivity (Wildman–Crippen MR) is 68.9 cm³/mol. The molecule has 1 amide bonds. The summed E-state index contributed by atoms with van der Waals surface area (Å²) in [5.41, 5.74) is 1.75. The monoisotopic (exact) mass is 261 g/mol. The Hall–Kier alpha value is -2.17. The third-order valence-electron chi connectivity index (χ3n) is 2.99. The first kappa shape index (κ1) is 13.3. The average molecular weight is 261 g/mol. The number of Topliss-reactive ketones (excluding diaryl/α,β-unsaturated/α-hetero) is 1.